The van der Waals surface area contributed by atoms with Crippen molar-refractivity contribution in [2.45, 2.75) is 32.2 Å². The van der Waals surface area contributed by atoms with Gasteiger partial charge in [-0.25, -0.2) is 0 Å². The Bertz CT molecular complexity index is 250. The molecule has 0 saturated carbocycles. The molecule has 0 aromatic carbocycles. The van der Waals surface area contributed by atoms with Crippen LogP contribution in [0, 0.1) is 0 Å². The minimum atomic E-state index is -0.119. The van der Waals surface area contributed by atoms with Gasteiger partial charge in [-0.3, -0.25) is 9.59 Å². The highest BCUT2D eigenvalue weighted by Crippen LogP contribution is 2.09. The normalized spacial score (nSPS) is 20.2. The highest BCUT2D eigenvalue weighted by molar-refractivity contribution is 5.87. The first kappa shape index (κ1) is 13.0. The number of nitrogens with zero attached hydrogens (tertiary/aromatic N) is 1. The quantitative estimate of drug-likeness (QED) is 0.694. The van der Waals surface area contributed by atoms with Crippen molar-refractivity contribution in [3.63, 3.8) is 0 Å². The fourth-order valence-electron chi connectivity index (χ4n) is 1.88. The van der Waals surface area contributed by atoms with Crippen LogP contribution in [0.5, 0.6) is 0 Å². The summed E-state index contributed by atoms with van der Waals surface area (Å²) in [6.07, 6.45) is 3.09. The Hall–Kier alpha value is -1.10. The molecular formula is C11H21N3O2. The molecule has 0 aromatic rings. The van der Waals surface area contributed by atoms with Gasteiger partial charge in [-0.1, -0.05) is 6.42 Å². The Balaban J connectivity index is 2.50. The number of hydrogen-bond donors (Lipinski definition) is 2. The summed E-state index contributed by atoms with van der Waals surface area (Å²) in [5.41, 5.74) is 0. The molecule has 0 spiro atoms. The molecule has 1 aliphatic rings. The predicted molar refractivity (Wildman–Crippen MR) is 62.0 cm³/mol. The van der Waals surface area contributed by atoms with Crippen LogP contribution < -0.4 is 10.6 Å². The van der Waals surface area contributed by atoms with Gasteiger partial charge in [0, 0.05) is 13.6 Å². The van der Waals surface area contributed by atoms with Crippen LogP contribution in [0.15, 0.2) is 0 Å². The molecule has 16 heavy (non-hydrogen) atoms. The van der Waals surface area contributed by atoms with Crippen LogP contribution in [-0.2, 0) is 9.59 Å². The van der Waals surface area contributed by atoms with E-state index in [1.807, 2.05) is 6.92 Å². The Morgan fingerprint density at radius 1 is 1.44 bits per heavy atom. The maximum atomic E-state index is 12.1. The minimum absolute atomic E-state index is 0.0470. The van der Waals surface area contributed by atoms with E-state index in [1.54, 1.807) is 11.9 Å². The molecule has 1 rings (SSSR count). The second-order valence-electron chi connectivity index (χ2n) is 4.03. The fourth-order valence-corrected chi connectivity index (χ4v) is 1.88. The van der Waals surface area contributed by atoms with Gasteiger partial charge in [0.05, 0.1) is 12.6 Å². The van der Waals surface area contributed by atoms with Crippen molar-refractivity contribution in [1.82, 2.24) is 15.5 Å². The van der Waals surface area contributed by atoms with E-state index in [0.717, 1.165) is 25.8 Å². The summed E-state index contributed by atoms with van der Waals surface area (Å²) in [5.74, 6) is -0.0724. The van der Waals surface area contributed by atoms with E-state index < -0.39 is 0 Å². The molecule has 1 unspecified atom stereocenters. The van der Waals surface area contributed by atoms with Gasteiger partial charge in [-0.05, 0) is 26.3 Å². The molecule has 0 bridgehead atoms. The predicted octanol–water partition coefficient (Wildman–Crippen LogP) is -0.277. The van der Waals surface area contributed by atoms with Crippen molar-refractivity contribution < 1.29 is 9.59 Å². The summed E-state index contributed by atoms with van der Waals surface area (Å²) in [6.45, 7) is 3.52. The third-order valence-electron chi connectivity index (χ3n) is 2.92. The number of piperidine rings is 1. The maximum absolute atomic E-state index is 12.1. The van der Waals surface area contributed by atoms with Gasteiger partial charge < -0.3 is 15.5 Å². The van der Waals surface area contributed by atoms with Crippen LogP contribution in [0.25, 0.3) is 0 Å². The SMILES string of the molecule is CCN(CC(=O)NC)C(=O)C1CCCCN1. The van der Waals surface area contributed by atoms with E-state index in [-0.39, 0.29) is 24.4 Å². The van der Waals surface area contributed by atoms with Crippen LogP contribution in [0.1, 0.15) is 26.2 Å². The van der Waals surface area contributed by atoms with Gasteiger partial charge in [0.1, 0.15) is 0 Å². The van der Waals surface area contributed by atoms with Gasteiger partial charge in [0.15, 0.2) is 0 Å². The van der Waals surface area contributed by atoms with Gasteiger partial charge in [0.25, 0.3) is 0 Å². The van der Waals surface area contributed by atoms with Crippen molar-refractivity contribution in [1.29, 1.82) is 0 Å². The average molecular weight is 227 g/mol. The van der Waals surface area contributed by atoms with Crippen molar-refractivity contribution in [2.24, 2.45) is 0 Å². The summed E-state index contributed by atoms with van der Waals surface area (Å²) >= 11 is 0. The molecule has 1 atom stereocenters. The summed E-state index contributed by atoms with van der Waals surface area (Å²) in [5, 5.41) is 5.74. The van der Waals surface area contributed by atoms with Gasteiger partial charge in [-0.15, -0.1) is 0 Å². The van der Waals surface area contributed by atoms with Gasteiger partial charge in [-0.2, -0.15) is 0 Å². The van der Waals surface area contributed by atoms with Crippen molar-refractivity contribution in [3.05, 3.63) is 0 Å². The van der Waals surface area contributed by atoms with Gasteiger partial charge >= 0.3 is 0 Å². The highest BCUT2D eigenvalue weighted by Gasteiger charge is 2.25. The second kappa shape index (κ2) is 6.48. The topological polar surface area (TPSA) is 61.4 Å². The molecule has 1 saturated heterocycles. The smallest absolute Gasteiger partial charge is 0.240 e. The second-order valence-corrected chi connectivity index (χ2v) is 4.03. The number of likely N-dealkylation sites (N-methyl/N-ethyl adjacent to an activating group) is 2. The number of carbonyl (C=O) groups is 2. The fraction of sp³-hybridized carbons (Fsp3) is 0.818. The van der Waals surface area contributed by atoms with E-state index in [9.17, 15) is 9.59 Å². The Morgan fingerprint density at radius 2 is 2.19 bits per heavy atom. The molecule has 5 nitrogen and oxygen atoms in total. The summed E-state index contributed by atoms with van der Waals surface area (Å²) in [4.78, 5) is 24.9. The summed E-state index contributed by atoms with van der Waals surface area (Å²) in [7, 11) is 1.58. The van der Waals surface area contributed by atoms with Crippen molar-refractivity contribution >= 4 is 11.8 Å². The molecule has 2 amide bonds. The Kier molecular flexibility index (Phi) is 5.25. The molecule has 0 aromatic heterocycles. The molecule has 0 aliphatic carbocycles. The zero-order valence-electron chi connectivity index (χ0n) is 10.1. The lowest BCUT2D eigenvalue weighted by Crippen LogP contribution is -2.50. The van der Waals surface area contributed by atoms with E-state index >= 15 is 0 Å². The van der Waals surface area contributed by atoms with E-state index in [0.29, 0.717) is 6.54 Å². The zero-order valence-corrected chi connectivity index (χ0v) is 10.1. The maximum Gasteiger partial charge on any atom is 0.240 e. The van der Waals surface area contributed by atoms with Crippen LogP contribution in [0.2, 0.25) is 0 Å². The molecule has 1 fully saturated rings. The number of rotatable bonds is 4. The lowest BCUT2D eigenvalue weighted by molar-refractivity contribution is -0.137. The molecule has 0 radical (unpaired) electrons. The van der Waals surface area contributed by atoms with Crippen LogP contribution >= 0.6 is 0 Å². The molecule has 1 aliphatic heterocycles. The number of nitrogens with one attached hydrogen (secondary N) is 2. The Labute approximate surface area is 96.6 Å². The number of hydrogen-bond acceptors (Lipinski definition) is 3. The molecular weight excluding hydrogens is 206 g/mol. The monoisotopic (exact) mass is 227 g/mol. The first-order valence-corrected chi connectivity index (χ1v) is 5.91. The minimum Gasteiger partial charge on any atom is -0.358 e. The molecule has 92 valence electrons. The van der Waals surface area contributed by atoms with Crippen molar-refractivity contribution in [2.75, 3.05) is 26.7 Å². The van der Waals surface area contributed by atoms with Gasteiger partial charge in [0.2, 0.25) is 11.8 Å². The highest BCUT2D eigenvalue weighted by atomic mass is 16.2. The summed E-state index contributed by atoms with van der Waals surface area (Å²) < 4.78 is 0. The van der Waals surface area contributed by atoms with Crippen molar-refractivity contribution in [3.8, 4) is 0 Å². The van der Waals surface area contributed by atoms with E-state index in [2.05, 4.69) is 10.6 Å². The third-order valence-corrected chi connectivity index (χ3v) is 2.92. The lowest BCUT2D eigenvalue weighted by atomic mass is 10.0. The lowest BCUT2D eigenvalue weighted by Gasteiger charge is -2.28. The van der Waals surface area contributed by atoms with Crippen LogP contribution in [0.4, 0.5) is 0 Å². The first-order chi connectivity index (χ1) is 7.69. The van der Waals surface area contributed by atoms with Crippen LogP contribution in [-0.4, -0.2) is 49.4 Å². The number of carbonyl (C=O) groups excluding carboxylic acids is 2. The largest absolute Gasteiger partial charge is 0.358 e. The third kappa shape index (κ3) is 3.48. The van der Waals surface area contributed by atoms with E-state index in [4.69, 9.17) is 0 Å². The zero-order chi connectivity index (χ0) is 12.0. The number of amides is 2. The van der Waals surface area contributed by atoms with E-state index in [1.165, 1.54) is 0 Å². The molecule has 2 N–H and O–H groups in total. The average Bonchev–Trinajstić information content (AvgIpc) is 2.35. The summed E-state index contributed by atoms with van der Waals surface area (Å²) in [6, 6.07) is -0.0987. The van der Waals surface area contributed by atoms with Crippen LogP contribution in [0.3, 0.4) is 0 Å². The first-order valence-electron chi connectivity index (χ1n) is 5.91. The standard InChI is InChI=1S/C11H21N3O2/c1-3-14(8-10(15)12-2)11(16)9-6-4-5-7-13-9/h9,13H,3-8H2,1-2H3,(H,12,15). The molecule has 5 heteroatoms. The Morgan fingerprint density at radius 3 is 2.69 bits per heavy atom. The molecule has 1 heterocycles.